The van der Waals surface area contributed by atoms with Crippen LogP contribution in [0.15, 0.2) is 12.1 Å². The fraction of sp³-hybridized carbons (Fsp3) is 0.500. The number of nitrogens with one attached hydrogen (secondary N) is 1. The van der Waals surface area contributed by atoms with Crippen molar-refractivity contribution in [2.24, 2.45) is 0 Å². The zero-order chi connectivity index (χ0) is 14.8. The Bertz CT molecular complexity index is 518. The zero-order valence-corrected chi connectivity index (χ0v) is 10.8. The van der Waals surface area contributed by atoms with Crippen molar-refractivity contribution in [3.63, 3.8) is 0 Å². The van der Waals surface area contributed by atoms with Crippen LogP contribution < -0.4 is 5.32 Å². The molecule has 6 nitrogen and oxygen atoms in total. The highest BCUT2D eigenvalue weighted by Gasteiger charge is 2.35. The molecule has 1 N–H and O–H groups in total. The van der Waals surface area contributed by atoms with Gasteiger partial charge in [-0.1, -0.05) is 0 Å². The molecule has 0 radical (unpaired) electrons. The summed E-state index contributed by atoms with van der Waals surface area (Å²) in [5.41, 5.74) is -1.64. The first-order valence-electron chi connectivity index (χ1n) is 5.98. The second-order valence-corrected chi connectivity index (χ2v) is 4.58. The summed E-state index contributed by atoms with van der Waals surface area (Å²) in [7, 11) is 1.50. The van der Waals surface area contributed by atoms with Gasteiger partial charge in [-0.2, -0.15) is 4.39 Å². The molecule has 1 unspecified atom stereocenters. The molecule has 1 heterocycles. The molecular formula is C12H14F2N2O4. The lowest BCUT2D eigenvalue weighted by Crippen LogP contribution is -2.39. The topological polar surface area (TPSA) is 73.6 Å². The van der Waals surface area contributed by atoms with Gasteiger partial charge in [-0.3, -0.25) is 10.1 Å². The first-order valence-corrected chi connectivity index (χ1v) is 5.98. The number of halogens is 2. The molecule has 0 amide bonds. The van der Waals surface area contributed by atoms with Crippen LogP contribution in [0.5, 0.6) is 0 Å². The van der Waals surface area contributed by atoms with Crippen molar-refractivity contribution < 1.29 is 23.2 Å². The second kappa shape index (κ2) is 5.68. The normalized spacial score (nSPS) is 21.9. The van der Waals surface area contributed by atoms with Crippen molar-refractivity contribution in [2.75, 3.05) is 32.2 Å². The van der Waals surface area contributed by atoms with Crippen molar-refractivity contribution in [2.45, 2.75) is 12.0 Å². The molecule has 0 aromatic heterocycles. The highest BCUT2D eigenvalue weighted by atomic mass is 19.1. The molecule has 8 heteroatoms. The van der Waals surface area contributed by atoms with Crippen LogP contribution >= 0.6 is 0 Å². The second-order valence-electron chi connectivity index (χ2n) is 4.58. The van der Waals surface area contributed by atoms with Gasteiger partial charge in [-0.05, 0) is 0 Å². The van der Waals surface area contributed by atoms with Crippen LogP contribution in [0, 0.1) is 21.7 Å². The first-order chi connectivity index (χ1) is 9.47. The summed E-state index contributed by atoms with van der Waals surface area (Å²) in [5.74, 6) is -2.10. The number of nitro groups is 1. The Morgan fingerprint density at radius 2 is 2.30 bits per heavy atom. The minimum absolute atomic E-state index is 0.160. The number of anilines is 1. The van der Waals surface area contributed by atoms with Crippen LogP contribution in [0.1, 0.15) is 6.42 Å². The number of nitrogens with zero attached hydrogens (tertiary/aromatic N) is 1. The molecule has 0 spiro atoms. The molecule has 110 valence electrons. The van der Waals surface area contributed by atoms with Gasteiger partial charge < -0.3 is 14.8 Å². The summed E-state index contributed by atoms with van der Waals surface area (Å²) in [6, 6.07) is 1.37. The number of hydrogen-bond donors (Lipinski definition) is 1. The van der Waals surface area contributed by atoms with Crippen LogP contribution in [0.4, 0.5) is 20.2 Å². The van der Waals surface area contributed by atoms with Gasteiger partial charge >= 0.3 is 5.69 Å². The molecule has 2 rings (SSSR count). The van der Waals surface area contributed by atoms with Crippen molar-refractivity contribution in [3.8, 4) is 0 Å². The molecule has 1 fully saturated rings. The van der Waals surface area contributed by atoms with E-state index < -0.39 is 27.8 Å². The monoisotopic (exact) mass is 288 g/mol. The number of benzene rings is 1. The number of rotatable bonds is 5. The van der Waals surface area contributed by atoms with E-state index in [-0.39, 0.29) is 12.2 Å². The molecular weight excluding hydrogens is 274 g/mol. The summed E-state index contributed by atoms with van der Waals surface area (Å²) < 4.78 is 37.2. The van der Waals surface area contributed by atoms with Gasteiger partial charge in [0.2, 0.25) is 5.82 Å². The lowest BCUT2D eigenvalue weighted by Gasteiger charge is -2.26. The predicted octanol–water partition coefficient (Wildman–Crippen LogP) is 2.09. The Kier molecular flexibility index (Phi) is 4.15. The van der Waals surface area contributed by atoms with E-state index in [1.807, 2.05) is 0 Å². The highest BCUT2D eigenvalue weighted by Crippen LogP contribution is 2.30. The summed E-state index contributed by atoms with van der Waals surface area (Å²) in [6.45, 7) is 0.991. The molecule has 0 bridgehead atoms. The smallest absolute Gasteiger partial charge is 0.327 e. The minimum atomic E-state index is -1.22. The maximum absolute atomic E-state index is 13.5. The fourth-order valence-corrected chi connectivity index (χ4v) is 2.10. The van der Waals surface area contributed by atoms with Crippen molar-refractivity contribution in [1.29, 1.82) is 0 Å². The number of hydrogen-bond acceptors (Lipinski definition) is 5. The van der Waals surface area contributed by atoms with E-state index in [0.29, 0.717) is 25.7 Å². The molecule has 20 heavy (non-hydrogen) atoms. The van der Waals surface area contributed by atoms with Gasteiger partial charge in [-0.15, -0.1) is 0 Å². The molecule has 0 saturated carbocycles. The lowest BCUT2D eigenvalue weighted by atomic mass is 10.0. The maximum atomic E-state index is 13.5. The minimum Gasteiger partial charge on any atom is -0.378 e. The third-order valence-electron chi connectivity index (χ3n) is 3.31. The Hall–Kier alpha value is -1.80. The molecule has 1 aromatic rings. The van der Waals surface area contributed by atoms with E-state index in [1.165, 1.54) is 7.11 Å². The Morgan fingerprint density at radius 1 is 1.55 bits per heavy atom. The Morgan fingerprint density at radius 3 is 2.85 bits per heavy atom. The van der Waals surface area contributed by atoms with Crippen LogP contribution in [-0.4, -0.2) is 37.4 Å². The average Bonchev–Trinajstić information content (AvgIpc) is 2.84. The highest BCUT2D eigenvalue weighted by molar-refractivity contribution is 5.62. The average molecular weight is 288 g/mol. The van der Waals surface area contributed by atoms with Crippen molar-refractivity contribution in [1.82, 2.24) is 0 Å². The summed E-state index contributed by atoms with van der Waals surface area (Å²) in [4.78, 5) is 9.96. The molecule has 1 saturated heterocycles. The van der Waals surface area contributed by atoms with Gasteiger partial charge in [0.25, 0.3) is 0 Å². The predicted molar refractivity (Wildman–Crippen MR) is 66.7 cm³/mol. The number of ether oxygens (including phenoxy) is 2. The van der Waals surface area contributed by atoms with Gasteiger partial charge in [0.1, 0.15) is 17.1 Å². The summed E-state index contributed by atoms with van der Waals surface area (Å²) in [5, 5.41) is 13.5. The third kappa shape index (κ3) is 2.86. The van der Waals surface area contributed by atoms with Crippen LogP contribution in [0.2, 0.25) is 0 Å². The third-order valence-corrected chi connectivity index (χ3v) is 3.31. The standard InChI is InChI=1S/C12H14F2N2O4/c1-19-12(2-3-20-7-12)6-15-10-5-8(13)4-9(14)11(10)16(17)18/h4-5,15H,2-3,6-7H2,1H3. The van der Waals surface area contributed by atoms with E-state index in [2.05, 4.69) is 5.32 Å². The van der Waals surface area contributed by atoms with Crippen LogP contribution in [0.3, 0.4) is 0 Å². The first kappa shape index (κ1) is 14.6. The van der Waals surface area contributed by atoms with Crippen LogP contribution in [-0.2, 0) is 9.47 Å². The number of methoxy groups -OCH3 is 1. The molecule has 0 aliphatic carbocycles. The van der Waals surface area contributed by atoms with Crippen LogP contribution in [0.25, 0.3) is 0 Å². The van der Waals surface area contributed by atoms with Gasteiger partial charge in [0.05, 0.1) is 11.5 Å². The molecule has 1 aliphatic heterocycles. The molecule has 1 atom stereocenters. The lowest BCUT2D eigenvalue weighted by molar-refractivity contribution is -0.386. The fourth-order valence-electron chi connectivity index (χ4n) is 2.10. The van der Waals surface area contributed by atoms with E-state index in [0.717, 1.165) is 6.07 Å². The van der Waals surface area contributed by atoms with E-state index in [4.69, 9.17) is 9.47 Å². The van der Waals surface area contributed by atoms with E-state index in [1.54, 1.807) is 0 Å². The van der Waals surface area contributed by atoms with Gasteiger partial charge in [-0.25, -0.2) is 4.39 Å². The quantitative estimate of drug-likeness (QED) is 0.663. The maximum Gasteiger partial charge on any atom is 0.327 e. The summed E-state index contributed by atoms with van der Waals surface area (Å²) >= 11 is 0. The van der Waals surface area contributed by atoms with Crippen molar-refractivity contribution in [3.05, 3.63) is 33.9 Å². The number of nitro benzene ring substituents is 1. The Balaban J connectivity index is 2.22. The van der Waals surface area contributed by atoms with Gasteiger partial charge in [0.15, 0.2) is 0 Å². The zero-order valence-electron chi connectivity index (χ0n) is 10.8. The molecule has 1 aromatic carbocycles. The van der Waals surface area contributed by atoms with E-state index in [9.17, 15) is 18.9 Å². The molecule has 1 aliphatic rings. The van der Waals surface area contributed by atoms with E-state index >= 15 is 0 Å². The SMILES string of the molecule is COC1(CNc2cc(F)cc(F)c2[N+](=O)[O-])CCOC1. The Labute approximate surface area is 113 Å². The summed E-state index contributed by atoms with van der Waals surface area (Å²) in [6.07, 6.45) is 0.599. The van der Waals surface area contributed by atoms with Gasteiger partial charge in [0, 0.05) is 38.8 Å². The largest absolute Gasteiger partial charge is 0.378 e. The van der Waals surface area contributed by atoms with Crippen molar-refractivity contribution >= 4 is 11.4 Å².